The summed E-state index contributed by atoms with van der Waals surface area (Å²) in [5.74, 6) is 6.08. The zero-order valence-electron chi connectivity index (χ0n) is 16.6. The minimum absolute atomic E-state index is 0.0164. The fraction of sp³-hybridized carbons (Fsp3) is 0.571. The minimum atomic E-state index is -3.54. The monoisotopic (exact) mass is 404 g/mol. The number of piperidine rings is 1. The summed E-state index contributed by atoms with van der Waals surface area (Å²) >= 11 is 0. The second-order valence-corrected chi connectivity index (χ2v) is 9.55. The van der Waals surface area contributed by atoms with Gasteiger partial charge in [-0.3, -0.25) is 4.79 Å². The molecule has 0 bridgehead atoms. The number of carbonyl (C=O) groups excluding carboxylic acids is 1. The molecule has 0 aromatic heterocycles. The van der Waals surface area contributed by atoms with E-state index in [9.17, 15) is 13.2 Å². The fourth-order valence-electron chi connectivity index (χ4n) is 3.97. The Hall–Kier alpha value is -2.04. The summed E-state index contributed by atoms with van der Waals surface area (Å²) in [5.41, 5.74) is 0.0164. The van der Waals surface area contributed by atoms with Crippen LogP contribution >= 0.6 is 0 Å². The molecule has 2 saturated heterocycles. The van der Waals surface area contributed by atoms with Crippen LogP contribution in [-0.4, -0.2) is 56.8 Å². The van der Waals surface area contributed by atoms with Gasteiger partial charge in [0.15, 0.2) is 0 Å². The molecule has 0 unspecified atom stereocenters. The van der Waals surface area contributed by atoms with E-state index in [1.165, 1.54) is 7.11 Å². The number of benzene rings is 1. The summed E-state index contributed by atoms with van der Waals surface area (Å²) in [6.45, 7) is 4.38. The Labute approximate surface area is 167 Å². The van der Waals surface area contributed by atoms with E-state index in [1.807, 2.05) is 11.8 Å². The van der Waals surface area contributed by atoms with E-state index in [0.29, 0.717) is 31.9 Å². The van der Waals surface area contributed by atoms with Crippen molar-refractivity contribution in [2.75, 3.05) is 33.3 Å². The van der Waals surface area contributed by atoms with E-state index in [0.717, 1.165) is 32.1 Å². The normalized spacial score (nSPS) is 19.3. The number of likely N-dealkylation sites (tertiary alicyclic amines) is 1. The van der Waals surface area contributed by atoms with Crippen LogP contribution in [-0.2, 0) is 14.8 Å². The van der Waals surface area contributed by atoms with Crippen molar-refractivity contribution in [3.8, 4) is 17.6 Å². The molecule has 2 heterocycles. The number of sulfonamides is 1. The van der Waals surface area contributed by atoms with Gasteiger partial charge in [-0.2, -0.15) is 4.31 Å². The Bertz CT molecular complexity index is 877. The first-order chi connectivity index (χ1) is 13.4. The minimum Gasteiger partial charge on any atom is -0.497 e. The molecule has 6 nitrogen and oxygen atoms in total. The summed E-state index contributed by atoms with van der Waals surface area (Å²) in [6, 6.07) is 6.59. The average Bonchev–Trinajstić information content (AvgIpc) is 3.12. The van der Waals surface area contributed by atoms with Crippen molar-refractivity contribution in [3.63, 3.8) is 0 Å². The van der Waals surface area contributed by atoms with E-state index < -0.39 is 10.0 Å². The van der Waals surface area contributed by atoms with E-state index in [-0.39, 0.29) is 16.2 Å². The van der Waals surface area contributed by atoms with E-state index in [1.54, 1.807) is 28.6 Å². The Morgan fingerprint density at radius 1 is 1.21 bits per heavy atom. The van der Waals surface area contributed by atoms with E-state index >= 15 is 0 Å². The Morgan fingerprint density at radius 2 is 1.93 bits per heavy atom. The van der Waals surface area contributed by atoms with Crippen LogP contribution in [0.4, 0.5) is 0 Å². The highest BCUT2D eigenvalue weighted by Gasteiger charge is 2.43. The van der Waals surface area contributed by atoms with Crippen LogP contribution in [0.2, 0.25) is 0 Å². The quantitative estimate of drug-likeness (QED) is 0.723. The van der Waals surface area contributed by atoms with Gasteiger partial charge in [-0.1, -0.05) is 18.9 Å². The molecule has 0 radical (unpaired) electrons. The first kappa shape index (κ1) is 20.7. The van der Waals surface area contributed by atoms with Crippen molar-refractivity contribution < 1.29 is 17.9 Å². The van der Waals surface area contributed by atoms with E-state index in [4.69, 9.17) is 4.74 Å². The van der Waals surface area contributed by atoms with Crippen molar-refractivity contribution in [2.24, 2.45) is 5.41 Å². The van der Waals surface area contributed by atoms with Crippen LogP contribution in [0, 0.1) is 17.3 Å². The number of ether oxygens (including phenoxy) is 1. The van der Waals surface area contributed by atoms with Gasteiger partial charge >= 0.3 is 0 Å². The van der Waals surface area contributed by atoms with Gasteiger partial charge in [-0.05, 0) is 49.2 Å². The standard InChI is InChI=1S/C21H28N2O4S/c1-3-4-5-9-20(24)22-13-10-21(17-22)11-14-23(15-12-21)28(25,26)19-8-6-7-18(16-19)27-2/h6-8,16H,3-4,10-15,17H2,1-2H3. The van der Waals surface area contributed by atoms with Gasteiger partial charge in [-0.15, -0.1) is 0 Å². The van der Waals surface area contributed by atoms with Crippen LogP contribution in [0.1, 0.15) is 39.0 Å². The Balaban J connectivity index is 1.63. The van der Waals surface area contributed by atoms with Gasteiger partial charge < -0.3 is 9.64 Å². The molecule has 1 amide bonds. The number of rotatable bonds is 4. The maximum absolute atomic E-state index is 13.0. The number of hydrogen-bond acceptors (Lipinski definition) is 4. The highest BCUT2D eigenvalue weighted by atomic mass is 32.2. The second-order valence-electron chi connectivity index (χ2n) is 7.61. The molecule has 3 rings (SSSR count). The number of nitrogens with zero attached hydrogens (tertiary/aromatic N) is 2. The van der Waals surface area contributed by atoms with Gasteiger partial charge in [-0.25, -0.2) is 8.42 Å². The molecule has 1 aromatic rings. The number of amides is 1. The lowest BCUT2D eigenvalue weighted by atomic mass is 9.78. The third-order valence-corrected chi connectivity index (χ3v) is 7.65. The molecular formula is C21H28N2O4S. The lowest BCUT2D eigenvalue weighted by Crippen LogP contribution is -2.44. The predicted octanol–water partition coefficient (Wildman–Crippen LogP) is 2.50. The molecule has 152 valence electrons. The van der Waals surface area contributed by atoms with Crippen molar-refractivity contribution in [1.29, 1.82) is 0 Å². The van der Waals surface area contributed by atoms with Crippen molar-refractivity contribution >= 4 is 15.9 Å². The maximum atomic E-state index is 13.0. The molecule has 2 fully saturated rings. The summed E-state index contributed by atoms with van der Waals surface area (Å²) in [6.07, 6.45) is 4.13. The van der Waals surface area contributed by atoms with Crippen molar-refractivity contribution in [2.45, 2.75) is 43.9 Å². The molecule has 1 aromatic carbocycles. The van der Waals surface area contributed by atoms with Crippen LogP contribution in [0.3, 0.4) is 0 Å². The first-order valence-electron chi connectivity index (χ1n) is 9.82. The van der Waals surface area contributed by atoms with Crippen molar-refractivity contribution in [1.82, 2.24) is 9.21 Å². The lowest BCUT2D eigenvalue weighted by Gasteiger charge is -2.38. The Morgan fingerprint density at radius 3 is 2.61 bits per heavy atom. The van der Waals surface area contributed by atoms with Crippen LogP contribution in [0.5, 0.6) is 5.75 Å². The lowest BCUT2D eigenvalue weighted by molar-refractivity contribution is -0.124. The molecule has 1 spiro atoms. The molecule has 0 N–H and O–H groups in total. The topological polar surface area (TPSA) is 66.9 Å². The number of unbranched alkanes of at least 4 members (excludes halogenated alkanes) is 1. The summed E-state index contributed by atoms with van der Waals surface area (Å²) in [4.78, 5) is 14.3. The van der Waals surface area contributed by atoms with Gasteiger partial charge in [0, 0.05) is 38.7 Å². The van der Waals surface area contributed by atoms with Crippen LogP contribution in [0.15, 0.2) is 29.2 Å². The van der Waals surface area contributed by atoms with Crippen molar-refractivity contribution in [3.05, 3.63) is 24.3 Å². The van der Waals surface area contributed by atoms with Gasteiger partial charge in [0.1, 0.15) is 5.75 Å². The van der Waals surface area contributed by atoms with Crippen LogP contribution < -0.4 is 4.74 Å². The SMILES string of the molecule is CCCC#CC(=O)N1CCC2(CCN(S(=O)(=O)c3cccc(OC)c3)CC2)C1. The third kappa shape index (κ3) is 4.34. The second kappa shape index (κ2) is 8.54. The highest BCUT2D eigenvalue weighted by Crippen LogP contribution is 2.41. The highest BCUT2D eigenvalue weighted by molar-refractivity contribution is 7.89. The third-order valence-electron chi connectivity index (χ3n) is 5.76. The van der Waals surface area contributed by atoms with Gasteiger partial charge in [0.2, 0.25) is 10.0 Å². The molecule has 2 aliphatic rings. The smallest absolute Gasteiger partial charge is 0.298 e. The number of carbonyl (C=O) groups is 1. The van der Waals surface area contributed by atoms with E-state index in [2.05, 4.69) is 11.8 Å². The summed E-state index contributed by atoms with van der Waals surface area (Å²) in [7, 11) is -2.01. The molecular weight excluding hydrogens is 376 g/mol. The number of methoxy groups -OCH3 is 1. The molecule has 0 saturated carbocycles. The molecule has 0 atom stereocenters. The first-order valence-corrected chi connectivity index (χ1v) is 11.3. The summed E-state index contributed by atoms with van der Waals surface area (Å²) in [5, 5.41) is 0. The summed E-state index contributed by atoms with van der Waals surface area (Å²) < 4.78 is 32.6. The largest absolute Gasteiger partial charge is 0.497 e. The molecule has 7 heteroatoms. The average molecular weight is 405 g/mol. The molecule has 0 aliphatic carbocycles. The fourth-order valence-corrected chi connectivity index (χ4v) is 5.45. The number of hydrogen-bond donors (Lipinski definition) is 0. The molecule has 28 heavy (non-hydrogen) atoms. The van der Waals surface area contributed by atoms with Gasteiger partial charge in [0.25, 0.3) is 5.91 Å². The van der Waals surface area contributed by atoms with Crippen LogP contribution in [0.25, 0.3) is 0 Å². The Kier molecular flexibility index (Phi) is 6.31. The molecule has 2 aliphatic heterocycles. The van der Waals surface area contributed by atoms with Gasteiger partial charge in [0.05, 0.1) is 12.0 Å². The predicted molar refractivity (Wildman–Crippen MR) is 107 cm³/mol. The maximum Gasteiger partial charge on any atom is 0.298 e. The zero-order valence-corrected chi connectivity index (χ0v) is 17.4. The zero-order chi connectivity index (χ0) is 20.2.